The maximum atomic E-state index is 15.7. The SMILES string of the molecule is COc1c(F)c(-c2cc3c(s2)CCCC3CO)c(C)c2c1c(=O)[nH]c(=O)n2C1CC1. The van der Waals surface area contributed by atoms with Crippen LogP contribution in [-0.2, 0) is 6.42 Å². The monoisotopic (exact) mass is 430 g/mol. The van der Waals surface area contributed by atoms with Gasteiger partial charge in [0.25, 0.3) is 5.56 Å². The number of rotatable bonds is 4. The Bertz CT molecular complexity index is 1290. The fourth-order valence-electron chi connectivity index (χ4n) is 4.76. The molecule has 2 aliphatic rings. The molecule has 3 aromatic rings. The first-order valence-electron chi connectivity index (χ1n) is 10.2. The lowest BCUT2D eigenvalue weighted by Gasteiger charge is -2.19. The second-order valence-corrected chi connectivity index (χ2v) is 9.33. The second kappa shape index (κ2) is 7.06. The Kier molecular flexibility index (Phi) is 4.59. The molecule has 6 nitrogen and oxygen atoms in total. The van der Waals surface area contributed by atoms with Crippen LogP contribution in [-0.4, -0.2) is 28.4 Å². The molecule has 0 aliphatic heterocycles. The van der Waals surface area contributed by atoms with Crippen LogP contribution in [0.1, 0.15) is 53.6 Å². The fourth-order valence-corrected chi connectivity index (χ4v) is 6.15. The smallest absolute Gasteiger partial charge is 0.329 e. The number of hydrogen-bond acceptors (Lipinski definition) is 5. The van der Waals surface area contributed by atoms with Gasteiger partial charge in [-0.05, 0) is 56.2 Å². The van der Waals surface area contributed by atoms with Gasteiger partial charge in [-0.2, -0.15) is 0 Å². The van der Waals surface area contributed by atoms with E-state index in [4.69, 9.17) is 4.74 Å². The molecular weight excluding hydrogens is 407 g/mol. The fraction of sp³-hybridized carbons (Fsp3) is 0.455. The number of thiophene rings is 1. The van der Waals surface area contributed by atoms with Crippen molar-refractivity contribution in [1.29, 1.82) is 0 Å². The lowest BCUT2D eigenvalue weighted by Crippen LogP contribution is -2.31. The van der Waals surface area contributed by atoms with Crippen LogP contribution >= 0.6 is 11.3 Å². The third-order valence-electron chi connectivity index (χ3n) is 6.34. The second-order valence-electron chi connectivity index (χ2n) is 8.19. The summed E-state index contributed by atoms with van der Waals surface area (Å²) < 4.78 is 22.6. The number of aliphatic hydroxyl groups is 1. The van der Waals surface area contributed by atoms with E-state index in [0.717, 1.165) is 42.5 Å². The van der Waals surface area contributed by atoms with Crippen molar-refractivity contribution < 1.29 is 14.2 Å². The predicted molar refractivity (Wildman–Crippen MR) is 114 cm³/mol. The first-order valence-corrected chi connectivity index (χ1v) is 11.1. The molecule has 2 N–H and O–H groups in total. The zero-order valence-corrected chi connectivity index (χ0v) is 17.7. The third kappa shape index (κ3) is 2.77. The van der Waals surface area contributed by atoms with Crippen LogP contribution in [0.2, 0.25) is 0 Å². The Labute approximate surface area is 175 Å². The lowest BCUT2D eigenvalue weighted by atomic mass is 9.88. The summed E-state index contributed by atoms with van der Waals surface area (Å²) in [6, 6.07) is 1.97. The van der Waals surface area contributed by atoms with Gasteiger partial charge in [-0.25, -0.2) is 9.18 Å². The number of aromatic amines is 1. The Morgan fingerprint density at radius 3 is 2.77 bits per heavy atom. The van der Waals surface area contributed by atoms with Crippen molar-refractivity contribution in [3.8, 4) is 16.2 Å². The molecule has 1 fully saturated rings. The quantitative estimate of drug-likeness (QED) is 0.662. The van der Waals surface area contributed by atoms with Gasteiger partial charge >= 0.3 is 5.69 Å². The molecular formula is C22H23FN2O4S. The molecule has 0 amide bonds. The minimum Gasteiger partial charge on any atom is -0.493 e. The van der Waals surface area contributed by atoms with Crippen LogP contribution in [0.5, 0.6) is 5.75 Å². The Balaban J connectivity index is 1.86. The van der Waals surface area contributed by atoms with Crippen LogP contribution in [0.3, 0.4) is 0 Å². The highest BCUT2D eigenvalue weighted by atomic mass is 32.1. The molecule has 8 heteroatoms. The van der Waals surface area contributed by atoms with Gasteiger partial charge in [0, 0.05) is 33.9 Å². The minimum absolute atomic E-state index is 0.00822. The molecule has 2 aliphatic carbocycles. The maximum absolute atomic E-state index is 15.7. The third-order valence-corrected chi connectivity index (χ3v) is 7.57. The van der Waals surface area contributed by atoms with E-state index in [1.165, 1.54) is 23.3 Å². The summed E-state index contributed by atoms with van der Waals surface area (Å²) in [4.78, 5) is 29.5. The number of aliphatic hydroxyl groups excluding tert-OH is 1. The van der Waals surface area contributed by atoms with Crippen molar-refractivity contribution in [3.63, 3.8) is 0 Å². The molecule has 2 heterocycles. The summed E-state index contributed by atoms with van der Waals surface area (Å²) in [6.45, 7) is 1.84. The highest BCUT2D eigenvalue weighted by Crippen LogP contribution is 2.46. The number of benzene rings is 1. The number of methoxy groups -OCH3 is 1. The van der Waals surface area contributed by atoms with Crippen LogP contribution in [0.15, 0.2) is 15.7 Å². The number of hydrogen-bond donors (Lipinski definition) is 2. The molecule has 0 spiro atoms. The van der Waals surface area contributed by atoms with Crippen molar-refractivity contribution in [2.75, 3.05) is 13.7 Å². The van der Waals surface area contributed by atoms with E-state index in [1.54, 1.807) is 11.5 Å². The lowest BCUT2D eigenvalue weighted by molar-refractivity contribution is 0.253. The highest BCUT2D eigenvalue weighted by molar-refractivity contribution is 7.15. The van der Waals surface area contributed by atoms with Crippen molar-refractivity contribution in [2.24, 2.45) is 0 Å². The summed E-state index contributed by atoms with van der Waals surface area (Å²) in [5, 5.41) is 9.83. The van der Waals surface area contributed by atoms with Crippen LogP contribution in [0.4, 0.5) is 4.39 Å². The molecule has 0 bridgehead atoms. The van der Waals surface area contributed by atoms with E-state index in [9.17, 15) is 14.7 Å². The van der Waals surface area contributed by atoms with Crippen molar-refractivity contribution >= 4 is 22.2 Å². The molecule has 1 aromatic carbocycles. The zero-order chi connectivity index (χ0) is 21.2. The van der Waals surface area contributed by atoms with Gasteiger partial charge in [0.05, 0.1) is 12.6 Å². The van der Waals surface area contributed by atoms with Crippen molar-refractivity contribution in [1.82, 2.24) is 9.55 Å². The normalized spacial score (nSPS) is 18.6. The first-order chi connectivity index (χ1) is 14.5. The van der Waals surface area contributed by atoms with E-state index in [-0.39, 0.29) is 29.7 Å². The van der Waals surface area contributed by atoms with Gasteiger partial charge < -0.3 is 9.84 Å². The predicted octanol–water partition coefficient (Wildman–Crippen LogP) is 3.62. The van der Waals surface area contributed by atoms with Crippen molar-refractivity contribution in [2.45, 2.75) is 51.0 Å². The van der Waals surface area contributed by atoms with E-state index < -0.39 is 17.1 Å². The Morgan fingerprint density at radius 2 is 2.10 bits per heavy atom. The molecule has 1 unspecified atom stereocenters. The number of aromatic nitrogens is 2. The average Bonchev–Trinajstić information content (AvgIpc) is 3.46. The van der Waals surface area contributed by atoms with Gasteiger partial charge in [0.1, 0.15) is 5.39 Å². The summed E-state index contributed by atoms with van der Waals surface area (Å²) >= 11 is 1.52. The standard InChI is InChI=1S/C22H23FN2O4S/c1-10-16(15-8-13-11(9-26)4-3-5-14(13)30-15)18(23)20(29-2)17-19(10)25(12-6-7-12)22(28)24-21(17)27/h8,11-12,26H,3-7,9H2,1-2H3,(H,24,27,28). The Hall–Kier alpha value is -2.45. The first kappa shape index (κ1) is 19.5. The number of H-pyrrole nitrogens is 1. The highest BCUT2D eigenvalue weighted by Gasteiger charge is 2.32. The average molecular weight is 431 g/mol. The number of fused-ring (bicyclic) bond motifs is 2. The van der Waals surface area contributed by atoms with Gasteiger partial charge in [-0.3, -0.25) is 14.3 Å². The van der Waals surface area contributed by atoms with E-state index >= 15 is 4.39 Å². The number of nitrogens with one attached hydrogen (secondary N) is 1. The summed E-state index contributed by atoms with van der Waals surface area (Å²) in [5.41, 5.74) is 1.36. The topological polar surface area (TPSA) is 84.3 Å². The number of nitrogens with zero attached hydrogens (tertiary/aromatic N) is 1. The molecule has 5 rings (SSSR count). The Morgan fingerprint density at radius 1 is 1.33 bits per heavy atom. The van der Waals surface area contributed by atoms with Crippen LogP contribution in [0.25, 0.3) is 21.3 Å². The molecule has 158 valence electrons. The largest absolute Gasteiger partial charge is 0.493 e. The van der Waals surface area contributed by atoms with Crippen LogP contribution in [0, 0.1) is 12.7 Å². The summed E-state index contributed by atoms with van der Waals surface area (Å²) in [7, 11) is 1.34. The van der Waals surface area contributed by atoms with E-state index in [1.807, 2.05) is 6.07 Å². The summed E-state index contributed by atoms with van der Waals surface area (Å²) in [6.07, 6.45) is 4.52. The maximum Gasteiger partial charge on any atom is 0.329 e. The number of halogens is 1. The van der Waals surface area contributed by atoms with E-state index in [2.05, 4.69) is 4.98 Å². The molecule has 2 aromatic heterocycles. The van der Waals surface area contributed by atoms with Gasteiger partial charge in [-0.15, -0.1) is 11.3 Å². The van der Waals surface area contributed by atoms with Crippen LogP contribution < -0.4 is 16.0 Å². The molecule has 0 saturated heterocycles. The van der Waals surface area contributed by atoms with Crippen molar-refractivity contribution in [3.05, 3.63) is 48.7 Å². The number of ether oxygens (including phenoxy) is 1. The summed E-state index contributed by atoms with van der Waals surface area (Å²) in [5.74, 6) is -0.656. The number of aryl methyl sites for hydroxylation is 2. The van der Waals surface area contributed by atoms with E-state index in [0.29, 0.717) is 16.6 Å². The zero-order valence-electron chi connectivity index (χ0n) is 16.9. The van der Waals surface area contributed by atoms with Gasteiger partial charge in [0.15, 0.2) is 11.6 Å². The molecule has 0 radical (unpaired) electrons. The minimum atomic E-state index is -0.636. The van der Waals surface area contributed by atoms with Gasteiger partial charge in [0.2, 0.25) is 0 Å². The van der Waals surface area contributed by atoms with Gasteiger partial charge in [-0.1, -0.05) is 0 Å². The molecule has 1 saturated carbocycles. The molecule has 30 heavy (non-hydrogen) atoms. The molecule has 1 atom stereocenters.